The van der Waals surface area contributed by atoms with Gasteiger partial charge in [0, 0.05) is 19.7 Å². The van der Waals surface area contributed by atoms with Gasteiger partial charge in [-0.15, -0.1) is 0 Å². The smallest absolute Gasteiger partial charge is 0.236 e. The Kier molecular flexibility index (Phi) is 4.86. The molecule has 0 spiro atoms. The lowest BCUT2D eigenvalue weighted by Gasteiger charge is -2.41. The lowest BCUT2D eigenvalue weighted by molar-refractivity contribution is -0.142. The Balaban J connectivity index is 2.18. The van der Waals surface area contributed by atoms with Crippen LogP contribution in [0.2, 0.25) is 0 Å². The number of aliphatic hydroxyl groups excluding tert-OH is 1. The van der Waals surface area contributed by atoms with Gasteiger partial charge < -0.3 is 20.9 Å². The lowest BCUT2D eigenvalue weighted by atomic mass is 9.71. The molecule has 1 aliphatic carbocycles. The van der Waals surface area contributed by atoms with Crippen molar-refractivity contribution in [3.05, 3.63) is 0 Å². The maximum atomic E-state index is 12.9. The molecule has 2 rings (SSSR count). The Morgan fingerprint density at radius 1 is 1.30 bits per heavy atom. The van der Waals surface area contributed by atoms with E-state index in [-0.39, 0.29) is 24.3 Å². The minimum Gasteiger partial charge on any atom is -0.409 e. The van der Waals surface area contributed by atoms with Crippen LogP contribution < -0.4 is 5.73 Å². The largest absolute Gasteiger partial charge is 0.409 e. The minimum atomic E-state index is -0.829. The summed E-state index contributed by atoms with van der Waals surface area (Å²) >= 11 is 0. The molecule has 1 aliphatic heterocycles. The highest BCUT2D eigenvalue weighted by atomic mass is 16.4. The Morgan fingerprint density at radius 2 is 2.00 bits per heavy atom. The van der Waals surface area contributed by atoms with E-state index in [1.54, 1.807) is 4.90 Å². The van der Waals surface area contributed by atoms with E-state index >= 15 is 0 Å². The minimum absolute atomic E-state index is 0.0225. The molecule has 20 heavy (non-hydrogen) atoms. The van der Waals surface area contributed by atoms with E-state index in [0.717, 1.165) is 32.1 Å². The number of hydrogen-bond acceptors (Lipinski definition) is 4. The van der Waals surface area contributed by atoms with E-state index in [0.29, 0.717) is 25.9 Å². The molecule has 114 valence electrons. The second-order valence-electron chi connectivity index (χ2n) is 6.07. The first-order valence-corrected chi connectivity index (χ1v) is 7.52. The number of nitrogens with zero attached hydrogens (tertiary/aromatic N) is 2. The van der Waals surface area contributed by atoms with Crippen LogP contribution in [-0.2, 0) is 4.79 Å². The number of aliphatic hydroxyl groups is 1. The molecule has 2 fully saturated rings. The summed E-state index contributed by atoms with van der Waals surface area (Å²) in [5, 5.41) is 21.5. The molecule has 1 saturated heterocycles. The molecule has 1 atom stereocenters. The third kappa shape index (κ3) is 2.75. The molecule has 0 radical (unpaired) electrons. The number of likely N-dealkylation sites (tertiary alicyclic amines) is 1. The average Bonchev–Trinajstić information content (AvgIpc) is 2.54. The van der Waals surface area contributed by atoms with Crippen LogP contribution in [0.15, 0.2) is 5.16 Å². The van der Waals surface area contributed by atoms with Crippen molar-refractivity contribution in [2.45, 2.75) is 44.9 Å². The number of piperidine rings is 1. The van der Waals surface area contributed by atoms with Gasteiger partial charge in [0.2, 0.25) is 5.91 Å². The summed E-state index contributed by atoms with van der Waals surface area (Å²) in [5.41, 5.74) is 5.03. The predicted octanol–water partition coefficient (Wildman–Crippen LogP) is 0.914. The van der Waals surface area contributed by atoms with Crippen LogP contribution in [0.5, 0.6) is 0 Å². The topological polar surface area (TPSA) is 99.2 Å². The third-order valence-corrected chi connectivity index (χ3v) is 4.78. The van der Waals surface area contributed by atoms with Crippen molar-refractivity contribution in [3.8, 4) is 0 Å². The van der Waals surface area contributed by atoms with E-state index in [9.17, 15) is 9.90 Å². The molecule has 6 nitrogen and oxygen atoms in total. The van der Waals surface area contributed by atoms with Gasteiger partial charge in [-0.1, -0.05) is 24.4 Å². The number of carbonyl (C=O) groups excluding carboxylic acids is 1. The number of hydrogen-bond donors (Lipinski definition) is 3. The zero-order valence-corrected chi connectivity index (χ0v) is 11.9. The van der Waals surface area contributed by atoms with Crippen molar-refractivity contribution in [1.29, 1.82) is 0 Å². The van der Waals surface area contributed by atoms with Crippen LogP contribution in [0.4, 0.5) is 0 Å². The van der Waals surface area contributed by atoms with Gasteiger partial charge in [-0.3, -0.25) is 4.79 Å². The second kappa shape index (κ2) is 6.43. The predicted molar refractivity (Wildman–Crippen MR) is 75.3 cm³/mol. The average molecular weight is 283 g/mol. The number of rotatable bonds is 3. The maximum Gasteiger partial charge on any atom is 0.236 e. The van der Waals surface area contributed by atoms with Gasteiger partial charge in [0.05, 0.1) is 0 Å². The summed E-state index contributed by atoms with van der Waals surface area (Å²) < 4.78 is 0. The van der Waals surface area contributed by atoms with E-state index in [1.165, 1.54) is 0 Å². The van der Waals surface area contributed by atoms with Crippen molar-refractivity contribution in [2.75, 3.05) is 19.7 Å². The molecule has 0 aromatic heterocycles. The molecule has 0 aromatic rings. The zero-order chi connectivity index (χ0) is 14.6. The van der Waals surface area contributed by atoms with Gasteiger partial charge in [-0.2, -0.15) is 0 Å². The summed E-state index contributed by atoms with van der Waals surface area (Å²) in [6, 6.07) is 0. The van der Waals surface area contributed by atoms with Gasteiger partial charge in [0.25, 0.3) is 0 Å². The first-order valence-electron chi connectivity index (χ1n) is 7.52. The van der Waals surface area contributed by atoms with Crippen molar-refractivity contribution in [1.82, 2.24) is 4.90 Å². The normalized spacial score (nSPS) is 27.4. The zero-order valence-electron chi connectivity index (χ0n) is 11.9. The Morgan fingerprint density at radius 3 is 2.60 bits per heavy atom. The van der Waals surface area contributed by atoms with E-state index in [1.807, 2.05) is 0 Å². The SMILES string of the molecule is NC(=NO)C1(C(=O)N2CCCC(CO)C2)CCCCC1. The molecule has 0 aromatic carbocycles. The maximum absolute atomic E-state index is 12.9. The number of oxime groups is 1. The van der Waals surface area contributed by atoms with E-state index in [2.05, 4.69) is 5.16 Å². The summed E-state index contributed by atoms with van der Waals surface area (Å²) in [6.45, 7) is 1.39. The monoisotopic (exact) mass is 283 g/mol. The first-order chi connectivity index (χ1) is 9.64. The van der Waals surface area contributed by atoms with Crippen LogP contribution in [-0.4, -0.2) is 46.7 Å². The molecular weight excluding hydrogens is 258 g/mol. The first kappa shape index (κ1) is 15.1. The molecule has 0 bridgehead atoms. The molecule has 1 saturated carbocycles. The molecule has 2 aliphatic rings. The summed E-state index contributed by atoms with van der Waals surface area (Å²) in [4.78, 5) is 14.7. The standard InChI is InChI=1S/C14H25N3O3/c15-12(16-20)14(6-2-1-3-7-14)13(19)17-8-4-5-11(9-17)10-18/h11,18,20H,1-10H2,(H2,15,16). The fourth-order valence-corrected chi connectivity index (χ4v) is 3.53. The van der Waals surface area contributed by atoms with Crippen molar-refractivity contribution in [2.24, 2.45) is 22.2 Å². The van der Waals surface area contributed by atoms with Crippen LogP contribution >= 0.6 is 0 Å². The highest BCUT2D eigenvalue weighted by Crippen LogP contribution is 2.39. The summed E-state index contributed by atoms with van der Waals surface area (Å²) in [6.07, 6.45) is 6.12. The van der Waals surface area contributed by atoms with Crippen molar-refractivity contribution < 1.29 is 15.1 Å². The number of amidine groups is 1. The van der Waals surface area contributed by atoms with Crippen LogP contribution in [0, 0.1) is 11.3 Å². The molecule has 6 heteroatoms. The summed E-state index contributed by atoms with van der Waals surface area (Å²) in [7, 11) is 0. The van der Waals surface area contributed by atoms with Gasteiger partial charge in [-0.25, -0.2) is 0 Å². The number of amides is 1. The molecule has 1 amide bonds. The van der Waals surface area contributed by atoms with Crippen LogP contribution in [0.25, 0.3) is 0 Å². The van der Waals surface area contributed by atoms with Gasteiger partial charge in [0.15, 0.2) is 5.84 Å². The Hall–Kier alpha value is -1.30. The molecule has 4 N–H and O–H groups in total. The highest BCUT2D eigenvalue weighted by Gasteiger charge is 2.46. The second-order valence-corrected chi connectivity index (χ2v) is 6.07. The van der Waals surface area contributed by atoms with Crippen LogP contribution in [0.3, 0.4) is 0 Å². The van der Waals surface area contributed by atoms with E-state index < -0.39 is 5.41 Å². The van der Waals surface area contributed by atoms with Gasteiger partial charge >= 0.3 is 0 Å². The van der Waals surface area contributed by atoms with Gasteiger partial charge in [0.1, 0.15) is 5.41 Å². The van der Waals surface area contributed by atoms with Crippen molar-refractivity contribution >= 4 is 11.7 Å². The summed E-state index contributed by atoms with van der Waals surface area (Å²) in [5.74, 6) is 0.180. The quantitative estimate of drug-likeness (QED) is 0.310. The fraction of sp³-hybridized carbons (Fsp3) is 0.857. The lowest BCUT2D eigenvalue weighted by Crippen LogP contribution is -2.54. The third-order valence-electron chi connectivity index (χ3n) is 4.78. The van der Waals surface area contributed by atoms with E-state index in [4.69, 9.17) is 10.9 Å². The van der Waals surface area contributed by atoms with Crippen LogP contribution in [0.1, 0.15) is 44.9 Å². The number of carbonyl (C=O) groups is 1. The molecule has 1 unspecified atom stereocenters. The van der Waals surface area contributed by atoms with Gasteiger partial charge in [-0.05, 0) is 31.6 Å². The highest BCUT2D eigenvalue weighted by molar-refractivity contribution is 6.06. The number of nitrogens with two attached hydrogens (primary N) is 1. The fourth-order valence-electron chi connectivity index (χ4n) is 3.53. The Labute approximate surface area is 119 Å². The Bertz CT molecular complexity index is 378. The van der Waals surface area contributed by atoms with Crippen molar-refractivity contribution in [3.63, 3.8) is 0 Å². The molecular formula is C14H25N3O3. The molecule has 1 heterocycles.